The van der Waals surface area contributed by atoms with Gasteiger partial charge in [0.05, 0.1) is 6.04 Å². The molecule has 0 radical (unpaired) electrons. The number of rotatable bonds is 3. The lowest BCUT2D eigenvalue weighted by atomic mass is 10.0. The highest BCUT2D eigenvalue weighted by Gasteiger charge is 2.22. The molecule has 0 unspecified atom stereocenters. The molecule has 1 atom stereocenters. The third-order valence-corrected chi connectivity index (χ3v) is 1.60. The van der Waals surface area contributed by atoms with Crippen molar-refractivity contribution in [2.45, 2.75) is 19.9 Å². The Morgan fingerprint density at radius 3 is 2.00 bits per heavy atom. The molecule has 3 heteroatoms. The van der Waals surface area contributed by atoms with Crippen molar-refractivity contribution in [2.24, 2.45) is 10.9 Å². The molecule has 0 aliphatic carbocycles. The van der Waals surface area contributed by atoms with Gasteiger partial charge in [0.25, 0.3) is 5.91 Å². The lowest BCUT2D eigenvalue weighted by Crippen LogP contribution is -2.39. The summed E-state index contributed by atoms with van der Waals surface area (Å²) >= 11 is 0. The molecular formula is C8H16N2O. The summed E-state index contributed by atoms with van der Waals surface area (Å²) in [7, 11) is 3.74. The van der Waals surface area contributed by atoms with Gasteiger partial charge in [0.15, 0.2) is 0 Å². The first-order valence-electron chi connectivity index (χ1n) is 3.67. The highest BCUT2D eigenvalue weighted by molar-refractivity contribution is 5.85. The molecule has 0 spiro atoms. The van der Waals surface area contributed by atoms with Crippen LogP contribution in [0.25, 0.3) is 0 Å². The van der Waals surface area contributed by atoms with Crippen molar-refractivity contribution in [1.29, 1.82) is 0 Å². The number of amides is 1. The Morgan fingerprint density at radius 2 is 1.91 bits per heavy atom. The Bertz CT molecular complexity index is 144. The van der Waals surface area contributed by atoms with Gasteiger partial charge in [-0.1, -0.05) is 13.8 Å². The zero-order chi connectivity index (χ0) is 9.02. The van der Waals surface area contributed by atoms with E-state index in [1.54, 1.807) is 0 Å². The monoisotopic (exact) mass is 156 g/mol. The molecule has 64 valence electrons. The SMILES string of the molecule is C=NC(=O)[C@H](C(C)C)N(C)C. The quantitative estimate of drug-likeness (QED) is 0.566. The first-order chi connectivity index (χ1) is 5.00. The van der Waals surface area contributed by atoms with E-state index in [-0.39, 0.29) is 17.9 Å². The van der Waals surface area contributed by atoms with Crippen molar-refractivity contribution >= 4 is 12.6 Å². The third kappa shape index (κ3) is 2.80. The minimum atomic E-state index is -0.148. The van der Waals surface area contributed by atoms with Crippen LogP contribution in [0.3, 0.4) is 0 Å². The maximum absolute atomic E-state index is 11.1. The summed E-state index contributed by atoms with van der Waals surface area (Å²) in [4.78, 5) is 16.4. The van der Waals surface area contributed by atoms with Gasteiger partial charge in [0.1, 0.15) is 0 Å². The lowest BCUT2D eigenvalue weighted by Gasteiger charge is -2.23. The summed E-state index contributed by atoms with van der Waals surface area (Å²) in [5.41, 5.74) is 0. The van der Waals surface area contributed by atoms with Crippen LogP contribution in [-0.4, -0.2) is 37.7 Å². The van der Waals surface area contributed by atoms with Crippen molar-refractivity contribution in [3.05, 3.63) is 0 Å². The van der Waals surface area contributed by atoms with Gasteiger partial charge in [0.2, 0.25) is 0 Å². The van der Waals surface area contributed by atoms with Crippen LogP contribution < -0.4 is 0 Å². The Balaban J connectivity index is 4.33. The number of carbonyl (C=O) groups is 1. The second-order valence-corrected chi connectivity index (χ2v) is 3.15. The van der Waals surface area contributed by atoms with E-state index in [0.29, 0.717) is 0 Å². The lowest BCUT2D eigenvalue weighted by molar-refractivity contribution is -0.123. The van der Waals surface area contributed by atoms with E-state index in [1.807, 2.05) is 32.8 Å². The molecule has 0 fully saturated rings. The highest BCUT2D eigenvalue weighted by atomic mass is 16.1. The maximum Gasteiger partial charge on any atom is 0.262 e. The second kappa shape index (κ2) is 4.23. The topological polar surface area (TPSA) is 32.7 Å². The van der Waals surface area contributed by atoms with Gasteiger partial charge < -0.3 is 0 Å². The summed E-state index contributed by atoms with van der Waals surface area (Å²) in [6.07, 6.45) is 0. The molecular weight excluding hydrogens is 140 g/mol. The van der Waals surface area contributed by atoms with E-state index in [9.17, 15) is 4.79 Å². The molecule has 0 aliphatic rings. The molecule has 3 nitrogen and oxygen atoms in total. The fourth-order valence-electron chi connectivity index (χ4n) is 1.20. The van der Waals surface area contributed by atoms with Crippen LogP contribution in [0.4, 0.5) is 0 Å². The number of aliphatic imine (C=N–C) groups is 1. The Hall–Kier alpha value is -0.700. The van der Waals surface area contributed by atoms with E-state index < -0.39 is 0 Å². The number of carbonyl (C=O) groups excluding carboxylic acids is 1. The van der Waals surface area contributed by atoms with Gasteiger partial charge in [-0.25, -0.2) is 4.99 Å². The average Bonchev–Trinajstić information content (AvgIpc) is 1.85. The predicted octanol–water partition coefficient (Wildman–Crippen LogP) is 0.800. The molecule has 0 saturated carbocycles. The smallest absolute Gasteiger partial charge is 0.262 e. The van der Waals surface area contributed by atoms with Gasteiger partial charge in [-0.2, -0.15) is 0 Å². The van der Waals surface area contributed by atoms with Crippen LogP contribution in [-0.2, 0) is 4.79 Å². The first-order valence-corrected chi connectivity index (χ1v) is 3.67. The normalized spacial score (nSPS) is 13.6. The van der Waals surface area contributed by atoms with E-state index in [4.69, 9.17) is 0 Å². The molecule has 0 saturated heterocycles. The molecule has 0 heterocycles. The zero-order valence-electron chi connectivity index (χ0n) is 7.66. The van der Waals surface area contributed by atoms with Crippen molar-refractivity contribution in [3.8, 4) is 0 Å². The van der Waals surface area contributed by atoms with E-state index >= 15 is 0 Å². The average molecular weight is 156 g/mol. The number of hydrogen-bond donors (Lipinski definition) is 0. The zero-order valence-corrected chi connectivity index (χ0v) is 7.66. The third-order valence-electron chi connectivity index (χ3n) is 1.60. The number of hydrogen-bond acceptors (Lipinski definition) is 2. The van der Waals surface area contributed by atoms with Crippen LogP contribution >= 0.6 is 0 Å². The van der Waals surface area contributed by atoms with Crippen LogP contribution in [0.2, 0.25) is 0 Å². The molecule has 1 amide bonds. The summed E-state index contributed by atoms with van der Waals surface area (Å²) < 4.78 is 0. The molecule has 0 aliphatic heterocycles. The van der Waals surface area contributed by atoms with Gasteiger partial charge in [-0.15, -0.1) is 0 Å². The second-order valence-electron chi connectivity index (χ2n) is 3.15. The minimum absolute atomic E-state index is 0.132. The van der Waals surface area contributed by atoms with Crippen LogP contribution in [0.1, 0.15) is 13.8 Å². The molecule has 0 aromatic rings. The Kier molecular flexibility index (Phi) is 3.97. The van der Waals surface area contributed by atoms with E-state index in [2.05, 4.69) is 11.7 Å². The highest BCUT2D eigenvalue weighted by Crippen LogP contribution is 2.08. The summed E-state index contributed by atoms with van der Waals surface area (Å²) in [6, 6.07) is -0.132. The Labute approximate surface area is 68.1 Å². The van der Waals surface area contributed by atoms with Gasteiger partial charge >= 0.3 is 0 Å². The van der Waals surface area contributed by atoms with Crippen LogP contribution in [0, 0.1) is 5.92 Å². The van der Waals surface area contributed by atoms with Crippen molar-refractivity contribution in [1.82, 2.24) is 4.90 Å². The maximum atomic E-state index is 11.1. The largest absolute Gasteiger partial charge is 0.298 e. The van der Waals surface area contributed by atoms with Gasteiger partial charge in [0, 0.05) is 0 Å². The number of nitrogens with zero attached hydrogens (tertiary/aromatic N) is 2. The molecule has 0 bridgehead atoms. The Morgan fingerprint density at radius 1 is 1.45 bits per heavy atom. The van der Waals surface area contributed by atoms with Crippen molar-refractivity contribution in [3.63, 3.8) is 0 Å². The summed E-state index contributed by atoms with van der Waals surface area (Å²) in [5, 5.41) is 0. The molecule has 11 heavy (non-hydrogen) atoms. The minimum Gasteiger partial charge on any atom is -0.298 e. The fourth-order valence-corrected chi connectivity index (χ4v) is 1.20. The summed E-state index contributed by atoms with van der Waals surface area (Å²) in [6.45, 7) is 7.21. The summed E-state index contributed by atoms with van der Waals surface area (Å²) in [5.74, 6) is 0.132. The molecule has 0 rings (SSSR count). The van der Waals surface area contributed by atoms with Crippen molar-refractivity contribution in [2.75, 3.05) is 14.1 Å². The van der Waals surface area contributed by atoms with E-state index in [0.717, 1.165) is 0 Å². The molecule has 0 aromatic carbocycles. The predicted molar refractivity (Wildman–Crippen MR) is 46.9 cm³/mol. The fraction of sp³-hybridized carbons (Fsp3) is 0.750. The number of likely N-dealkylation sites (N-methyl/N-ethyl adjacent to an activating group) is 1. The first kappa shape index (κ1) is 10.3. The molecule has 0 N–H and O–H groups in total. The van der Waals surface area contributed by atoms with Gasteiger partial charge in [-0.3, -0.25) is 9.69 Å². The molecule has 0 aromatic heterocycles. The van der Waals surface area contributed by atoms with Crippen molar-refractivity contribution < 1.29 is 4.79 Å². The van der Waals surface area contributed by atoms with Crippen LogP contribution in [0.5, 0.6) is 0 Å². The van der Waals surface area contributed by atoms with Crippen LogP contribution in [0.15, 0.2) is 4.99 Å². The standard InChI is InChI=1S/C8H16N2O/c1-6(2)7(10(4)5)8(11)9-3/h6-7H,3H2,1-2,4-5H3/t7-/m0/s1. The van der Waals surface area contributed by atoms with Gasteiger partial charge in [-0.05, 0) is 26.7 Å². The van der Waals surface area contributed by atoms with E-state index in [1.165, 1.54) is 0 Å².